The Morgan fingerprint density at radius 1 is 1.12 bits per heavy atom. The Morgan fingerprint density at radius 2 is 1.81 bits per heavy atom. The van der Waals surface area contributed by atoms with Crippen LogP contribution in [0.4, 0.5) is 0 Å². The van der Waals surface area contributed by atoms with Gasteiger partial charge >= 0.3 is 0 Å². The first kappa shape index (κ1) is 20.8. The molecule has 0 saturated carbocycles. The molecule has 26 heavy (non-hydrogen) atoms. The molecule has 2 bridgehead atoms. The molecule has 4 heteroatoms. The van der Waals surface area contributed by atoms with Crippen LogP contribution in [0.15, 0.2) is 24.3 Å². The smallest absolute Gasteiger partial charge is 0.162 e. The second-order valence-electron chi connectivity index (χ2n) is 7.25. The predicted molar refractivity (Wildman–Crippen MR) is 107 cm³/mol. The van der Waals surface area contributed by atoms with Gasteiger partial charge in [-0.15, -0.1) is 0 Å². The molecular formula is C22H34N2O2. The van der Waals surface area contributed by atoms with Gasteiger partial charge in [0.25, 0.3) is 0 Å². The zero-order chi connectivity index (χ0) is 19.1. The average molecular weight is 359 g/mol. The number of nitrogens with zero attached hydrogens (tertiary/aromatic N) is 2. The topological polar surface area (TPSA) is 40.6 Å². The van der Waals surface area contributed by atoms with Crippen LogP contribution >= 0.6 is 0 Å². The summed E-state index contributed by atoms with van der Waals surface area (Å²) in [7, 11) is 0. The molecule has 2 aliphatic rings. The van der Waals surface area contributed by atoms with E-state index in [-0.39, 0.29) is 11.6 Å². The van der Waals surface area contributed by atoms with Gasteiger partial charge < -0.3 is 0 Å². The van der Waals surface area contributed by atoms with Gasteiger partial charge in [-0.3, -0.25) is 19.4 Å². The Bertz CT molecular complexity index is 614. The van der Waals surface area contributed by atoms with Crippen molar-refractivity contribution in [2.24, 2.45) is 0 Å². The lowest BCUT2D eigenvalue weighted by Crippen LogP contribution is -2.47. The molecule has 0 amide bonds. The second-order valence-corrected chi connectivity index (χ2v) is 7.25. The Labute approximate surface area is 158 Å². The van der Waals surface area contributed by atoms with E-state index in [2.05, 4.69) is 21.9 Å². The van der Waals surface area contributed by atoms with E-state index < -0.39 is 0 Å². The van der Waals surface area contributed by atoms with Crippen LogP contribution in [0.25, 0.3) is 0 Å². The lowest BCUT2D eigenvalue weighted by atomic mass is 10.0. The fourth-order valence-corrected chi connectivity index (χ4v) is 4.18. The zero-order valence-corrected chi connectivity index (χ0v) is 16.8. The van der Waals surface area contributed by atoms with Gasteiger partial charge in [0, 0.05) is 37.2 Å². The third-order valence-corrected chi connectivity index (χ3v) is 5.37. The van der Waals surface area contributed by atoms with Crippen molar-refractivity contribution < 1.29 is 9.59 Å². The first-order valence-electron chi connectivity index (χ1n) is 10.2. The first-order valence-corrected chi connectivity index (χ1v) is 10.2. The van der Waals surface area contributed by atoms with Crippen molar-refractivity contribution >= 4 is 11.6 Å². The molecule has 4 nitrogen and oxygen atoms in total. The third-order valence-electron chi connectivity index (χ3n) is 5.37. The highest BCUT2D eigenvalue weighted by Gasteiger charge is 2.42. The van der Waals surface area contributed by atoms with E-state index in [0.29, 0.717) is 25.0 Å². The second kappa shape index (κ2) is 9.98. The maximum Gasteiger partial charge on any atom is 0.162 e. The molecule has 0 N–H and O–H groups in total. The molecule has 2 aliphatic heterocycles. The summed E-state index contributed by atoms with van der Waals surface area (Å²) in [6, 6.07) is 9.29. The monoisotopic (exact) mass is 358 g/mol. The Kier molecular flexibility index (Phi) is 7.98. The number of hydrogen-bond donors (Lipinski definition) is 0. The van der Waals surface area contributed by atoms with Crippen LogP contribution in [0.3, 0.4) is 0 Å². The van der Waals surface area contributed by atoms with E-state index in [4.69, 9.17) is 0 Å². The van der Waals surface area contributed by atoms with Crippen molar-refractivity contribution in [3.05, 3.63) is 35.4 Å². The van der Waals surface area contributed by atoms with E-state index in [9.17, 15) is 9.59 Å². The van der Waals surface area contributed by atoms with Crippen molar-refractivity contribution in [1.82, 2.24) is 9.80 Å². The van der Waals surface area contributed by atoms with Gasteiger partial charge in [-0.25, -0.2) is 0 Å². The van der Waals surface area contributed by atoms with Crippen molar-refractivity contribution in [3.8, 4) is 0 Å². The number of hydrogen-bond acceptors (Lipinski definition) is 4. The third kappa shape index (κ3) is 5.24. The predicted octanol–water partition coefficient (Wildman–Crippen LogP) is 3.59. The van der Waals surface area contributed by atoms with Gasteiger partial charge in [-0.05, 0) is 44.4 Å². The quantitative estimate of drug-likeness (QED) is 0.666. The summed E-state index contributed by atoms with van der Waals surface area (Å²) in [5.41, 5.74) is 2.10. The minimum atomic E-state index is 0.222. The Balaban J connectivity index is 0.00000117. The van der Waals surface area contributed by atoms with Crippen LogP contribution in [0.1, 0.15) is 62.9 Å². The standard InChI is InChI=1S/C20H28N2O2.C2H6/c1-3-20(24)17-8-4-6-16(10-17)7-5-9-21-13-19-11-18(21)14-22(19)12-15(2)23;1-2/h4,6,8,10,18-19H,3,5,7,9,11-14H2,1-2H3;1-2H3. The zero-order valence-electron chi connectivity index (χ0n) is 16.8. The summed E-state index contributed by atoms with van der Waals surface area (Å²) in [5, 5.41) is 0. The average Bonchev–Trinajstić information content (AvgIpc) is 3.22. The highest BCUT2D eigenvalue weighted by atomic mass is 16.1. The number of piperazine rings is 1. The maximum absolute atomic E-state index is 11.8. The normalized spacial score (nSPS) is 22.2. The van der Waals surface area contributed by atoms with Crippen LogP contribution in [0.2, 0.25) is 0 Å². The largest absolute Gasteiger partial charge is 0.299 e. The van der Waals surface area contributed by atoms with Crippen molar-refractivity contribution in [1.29, 1.82) is 0 Å². The number of ketones is 2. The van der Waals surface area contributed by atoms with Crippen LogP contribution < -0.4 is 0 Å². The molecule has 1 aromatic carbocycles. The summed E-state index contributed by atoms with van der Waals surface area (Å²) in [6.07, 6.45) is 3.93. The number of rotatable bonds is 8. The highest BCUT2D eigenvalue weighted by molar-refractivity contribution is 5.95. The van der Waals surface area contributed by atoms with Gasteiger partial charge in [0.1, 0.15) is 5.78 Å². The lowest BCUT2D eigenvalue weighted by Gasteiger charge is -2.33. The van der Waals surface area contributed by atoms with Crippen molar-refractivity contribution in [2.75, 3.05) is 26.2 Å². The summed E-state index contributed by atoms with van der Waals surface area (Å²) >= 11 is 0. The summed E-state index contributed by atoms with van der Waals surface area (Å²) in [4.78, 5) is 28.0. The van der Waals surface area contributed by atoms with Crippen molar-refractivity contribution in [3.63, 3.8) is 0 Å². The van der Waals surface area contributed by atoms with E-state index in [1.54, 1.807) is 6.92 Å². The summed E-state index contributed by atoms with van der Waals surface area (Å²) in [6.45, 7) is 11.5. The molecule has 0 spiro atoms. The van der Waals surface area contributed by atoms with Crippen LogP contribution in [0, 0.1) is 0 Å². The minimum Gasteiger partial charge on any atom is -0.299 e. The van der Waals surface area contributed by atoms with Gasteiger partial charge in [-0.2, -0.15) is 0 Å². The molecule has 2 saturated heterocycles. The number of benzene rings is 1. The van der Waals surface area contributed by atoms with Gasteiger partial charge in [0.15, 0.2) is 5.78 Å². The van der Waals surface area contributed by atoms with Gasteiger partial charge in [-0.1, -0.05) is 39.0 Å². The Morgan fingerprint density at radius 3 is 2.42 bits per heavy atom. The van der Waals surface area contributed by atoms with Crippen LogP contribution in [0.5, 0.6) is 0 Å². The molecule has 144 valence electrons. The molecule has 1 aromatic rings. The SMILES string of the molecule is CC.CCC(=O)c1cccc(CCCN2CC3CC2CN3CC(C)=O)c1. The van der Waals surface area contributed by atoms with Gasteiger partial charge in [0.05, 0.1) is 6.54 Å². The molecule has 0 aromatic heterocycles. The molecule has 3 rings (SSSR count). The van der Waals surface area contributed by atoms with E-state index in [1.807, 2.05) is 32.9 Å². The minimum absolute atomic E-state index is 0.222. The maximum atomic E-state index is 11.8. The van der Waals surface area contributed by atoms with E-state index in [1.165, 1.54) is 12.0 Å². The first-order chi connectivity index (χ1) is 12.6. The van der Waals surface area contributed by atoms with E-state index >= 15 is 0 Å². The number of likely N-dealkylation sites (tertiary alicyclic amines) is 2. The molecular weight excluding hydrogens is 324 g/mol. The summed E-state index contributed by atoms with van der Waals surface area (Å²) < 4.78 is 0. The molecule has 2 atom stereocenters. The van der Waals surface area contributed by atoms with Crippen molar-refractivity contribution in [2.45, 2.75) is 65.5 Å². The molecule has 0 radical (unpaired) electrons. The molecule has 2 unspecified atom stereocenters. The number of Topliss-reactive ketones (excluding diaryl/α,β-unsaturated/α-hetero) is 2. The fraction of sp³-hybridized carbons (Fsp3) is 0.636. The molecule has 2 fully saturated rings. The number of carbonyl (C=O) groups excluding carboxylic acids is 2. The number of aryl methyl sites for hydroxylation is 1. The molecule has 0 aliphatic carbocycles. The van der Waals surface area contributed by atoms with Crippen LogP contribution in [-0.2, 0) is 11.2 Å². The summed E-state index contributed by atoms with van der Waals surface area (Å²) in [5.74, 6) is 0.495. The van der Waals surface area contributed by atoms with E-state index in [0.717, 1.165) is 38.0 Å². The number of fused-ring (bicyclic) bond motifs is 2. The molecule has 2 heterocycles. The van der Waals surface area contributed by atoms with Gasteiger partial charge in [0.2, 0.25) is 0 Å². The Hall–Kier alpha value is -1.52. The lowest BCUT2D eigenvalue weighted by molar-refractivity contribution is -0.118. The fourth-order valence-electron chi connectivity index (χ4n) is 4.18. The highest BCUT2D eigenvalue weighted by Crippen LogP contribution is 2.30. The van der Waals surface area contributed by atoms with Crippen LogP contribution in [-0.4, -0.2) is 59.6 Å². The number of carbonyl (C=O) groups is 2.